The van der Waals surface area contributed by atoms with Crippen molar-refractivity contribution in [3.63, 3.8) is 0 Å². The quantitative estimate of drug-likeness (QED) is 0.626. The molecule has 0 bridgehead atoms. The zero-order chi connectivity index (χ0) is 13.3. The second-order valence-electron chi connectivity index (χ2n) is 5.89. The van der Waals surface area contributed by atoms with Gasteiger partial charge in [-0.25, -0.2) is 0 Å². The second-order valence-corrected chi connectivity index (χ2v) is 7.85. The molecule has 1 nitrogen and oxygen atoms in total. The lowest BCUT2D eigenvalue weighted by Crippen LogP contribution is -2.56. The molecule has 104 valence electrons. The van der Waals surface area contributed by atoms with E-state index in [1.165, 1.54) is 44.1 Å². The van der Waals surface area contributed by atoms with E-state index in [9.17, 15) is 0 Å². The lowest BCUT2D eigenvalue weighted by atomic mass is 9.58. The van der Waals surface area contributed by atoms with Gasteiger partial charge < -0.3 is 4.74 Å². The fourth-order valence-corrected chi connectivity index (χ4v) is 5.08. The van der Waals surface area contributed by atoms with Crippen LogP contribution >= 0.6 is 31.9 Å². The largest absolute Gasteiger partial charge is 0.373 e. The maximum atomic E-state index is 6.25. The summed E-state index contributed by atoms with van der Waals surface area (Å²) in [6, 6.07) is 8.35. The highest BCUT2D eigenvalue weighted by atomic mass is 79.9. The molecule has 1 aromatic rings. The van der Waals surface area contributed by atoms with Gasteiger partial charge in [0, 0.05) is 14.7 Å². The Morgan fingerprint density at radius 1 is 1.16 bits per heavy atom. The molecule has 0 radical (unpaired) electrons. The molecule has 2 aliphatic rings. The van der Waals surface area contributed by atoms with E-state index in [1.807, 2.05) is 6.07 Å². The maximum absolute atomic E-state index is 6.25. The smallest absolute Gasteiger partial charge is 0.0731 e. The summed E-state index contributed by atoms with van der Waals surface area (Å²) in [5, 5.41) is 0. The maximum Gasteiger partial charge on any atom is 0.0731 e. The molecule has 1 spiro atoms. The van der Waals surface area contributed by atoms with Crippen molar-refractivity contribution >= 4 is 31.9 Å². The van der Waals surface area contributed by atoms with E-state index < -0.39 is 0 Å². The molecule has 2 fully saturated rings. The molecule has 0 saturated heterocycles. The van der Waals surface area contributed by atoms with Crippen molar-refractivity contribution in [1.29, 1.82) is 0 Å². The lowest BCUT2D eigenvalue weighted by Gasteiger charge is -2.55. The van der Waals surface area contributed by atoms with Crippen LogP contribution in [0.2, 0.25) is 0 Å². The zero-order valence-corrected chi connectivity index (χ0v) is 14.3. The summed E-state index contributed by atoms with van der Waals surface area (Å²) >= 11 is 7.47. The SMILES string of the molecule is Brc1ccccc1COC1CC(Br)C12CCCCC2. The first kappa shape index (κ1) is 14.1. The first-order valence-corrected chi connectivity index (χ1v) is 8.92. The predicted octanol–water partition coefficient (Wildman–Crippen LogP) is 5.45. The number of alkyl halides is 1. The molecule has 0 aliphatic heterocycles. The van der Waals surface area contributed by atoms with E-state index in [-0.39, 0.29) is 0 Å². The number of benzene rings is 1. The van der Waals surface area contributed by atoms with Crippen molar-refractivity contribution < 1.29 is 4.74 Å². The average molecular weight is 388 g/mol. The Morgan fingerprint density at radius 2 is 1.89 bits per heavy atom. The van der Waals surface area contributed by atoms with Crippen LogP contribution in [0, 0.1) is 5.41 Å². The monoisotopic (exact) mass is 386 g/mol. The van der Waals surface area contributed by atoms with Gasteiger partial charge in [-0.3, -0.25) is 0 Å². The highest BCUT2D eigenvalue weighted by molar-refractivity contribution is 9.10. The van der Waals surface area contributed by atoms with Crippen LogP contribution in [0.1, 0.15) is 44.1 Å². The lowest BCUT2D eigenvalue weighted by molar-refractivity contribution is -0.127. The molecule has 2 saturated carbocycles. The van der Waals surface area contributed by atoms with Gasteiger partial charge in [-0.2, -0.15) is 0 Å². The summed E-state index contributed by atoms with van der Waals surface area (Å²) in [5.41, 5.74) is 1.69. The van der Waals surface area contributed by atoms with Crippen LogP contribution in [0.15, 0.2) is 28.7 Å². The molecular weight excluding hydrogens is 368 g/mol. The summed E-state index contributed by atoms with van der Waals surface area (Å²) in [6.45, 7) is 0.730. The van der Waals surface area contributed by atoms with Crippen molar-refractivity contribution in [2.45, 2.75) is 56.1 Å². The van der Waals surface area contributed by atoms with Gasteiger partial charge in [0.05, 0.1) is 12.7 Å². The summed E-state index contributed by atoms with van der Waals surface area (Å²) < 4.78 is 7.40. The Labute approximate surface area is 132 Å². The van der Waals surface area contributed by atoms with Gasteiger partial charge in [0.25, 0.3) is 0 Å². The van der Waals surface area contributed by atoms with Crippen LogP contribution in [-0.2, 0) is 11.3 Å². The highest BCUT2D eigenvalue weighted by Gasteiger charge is 2.54. The van der Waals surface area contributed by atoms with Crippen molar-refractivity contribution in [3.8, 4) is 0 Å². The molecule has 3 rings (SSSR count). The van der Waals surface area contributed by atoms with Crippen molar-refractivity contribution in [1.82, 2.24) is 0 Å². The van der Waals surface area contributed by atoms with Gasteiger partial charge in [0.1, 0.15) is 0 Å². The molecule has 19 heavy (non-hydrogen) atoms. The van der Waals surface area contributed by atoms with Gasteiger partial charge in [-0.1, -0.05) is 69.3 Å². The Balaban J connectivity index is 1.63. The molecule has 0 aromatic heterocycles. The van der Waals surface area contributed by atoms with E-state index >= 15 is 0 Å². The molecular formula is C16H20Br2O. The van der Waals surface area contributed by atoms with Crippen LogP contribution in [0.4, 0.5) is 0 Å². The third-order valence-electron chi connectivity index (χ3n) is 4.87. The first-order chi connectivity index (χ1) is 9.22. The van der Waals surface area contributed by atoms with Gasteiger partial charge in [-0.05, 0) is 30.9 Å². The van der Waals surface area contributed by atoms with E-state index in [4.69, 9.17) is 4.74 Å². The van der Waals surface area contributed by atoms with Crippen LogP contribution in [0.3, 0.4) is 0 Å². The number of rotatable bonds is 3. The van der Waals surface area contributed by atoms with E-state index in [1.54, 1.807) is 0 Å². The van der Waals surface area contributed by atoms with Crippen molar-refractivity contribution in [2.24, 2.45) is 5.41 Å². The predicted molar refractivity (Wildman–Crippen MR) is 85.6 cm³/mol. The Bertz CT molecular complexity index is 440. The number of halogens is 2. The van der Waals surface area contributed by atoms with Gasteiger partial charge >= 0.3 is 0 Å². The third-order valence-corrected chi connectivity index (χ3v) is 6.93. The highest BCUT2D eigenvalue weighted by Crippen LogP contribution is 2.56. The molecule has 2 aliphatic carbocycles. The minimum atomic E-state index is 0.430. The second kappa shape index (κ2) is 5.87. The van der Waals surface area contributed by atoms with Crippen LogP contribution in [0.25, 0.3) is 0 Å². The van der Waals surface area contributed by atoms with Crippen LogP contribution in [-0.4, -0.2) is 10.9 Å². The average Bonchev–Trinajstić information content (AvgIpc) is 2.46. The molecule has 2 atom stereocenters. The Kier molecular flexibility index (Phi) is 4.35. The van der Waals surface area contributed by atoms with E-state index in [2.05, 4.69) is 50.1 Å². The van der Waals surface area contributed by atoms with Gasteiger partial charge in [0.2, 0.25) is 0 Å². The van der Waals surface area contributed by atoms with Crippen molar-refractivity contribution in [3.05, 3.63) is 34.3 Å². The molecule has 0 amide bonds. The summed E-state index contributed by atoms with van der Waals surface area (Å²) in [7, 11) is 0. The summed E-state index contributed by atoms with van der Waals surface area (Å²) in [4.78, 5) is 0.671. The van der Waals surface area contributed by atoms with Gasteiger partial charge in [0.15, 0.2) is 0 Å². The summed E-state index contributed by atoms with van der Waals surface area (Å²) in [6.07, 6.45) is 8.44. The molecule has 0 heterocycles. The third kappa shape index (κ3) is 2.66. The van der Waals surface area contributed by atoms with Gasteiger partial charge in [-0.15, -0.1) is 0 Å². The fourth-order valence-electron chi connectivity index (χ4n) is 3.58. The summed E-state index contributed by atoms with van der Waals surface area (Å²) in [5.74, 6) is 0. The standard InChI is InChI=1S/C16H20Br2O/c17-13-7-3-2-6-12(13)11-19-15-10-14(18)16(15)8-4-1-5-9-16/h2-3,6-7,14-15H,1,4-5,8-11H2. The fraction of sp³-hybridized carbons (Fsp3) is 0.625. The number of hydrogen-bond acceptors (Lipinski definition) is 1. The number of ether oxygens (including phenoxy) is 1. The molecule has 0 N–H and O–H groups in total. The minimum Gasteiger partial charge on any atom is -0.373 e. The van der Waals surface area contributed by atoms with Crippen LogP contribution in [0.5, 0.6) is 0 Å². The topological polar surface area (TPSA) is 9.23 Å². The Morgan fingerprint density at radius 3 is 2.58 bits per heavy atom. The van der Waals surface area contributed by atoms with Crippen LogP contribution < -0.4 is 0 Å². The number of hydrogen-bond donors (Lipinski definition) is 0. The molecule has 1 aromatic carbocycles. The minimum absolute atomic E-state index is 0.430. The molecule has 2 unspecified atom stereocenters. The zero-order valence-electron chi connectivity index (χ0n) is 11.1. The Hall–Kier alpha value is 0.140. The first-order valence-electron chi connectivity index (χ1n) is 7.21. The normalized spacial score (nSPS) is 29.2. The van der Waals surface area contributed by atoms with Crippen molar-refractivity contribution in [2.75, 3.05) is 0 Å². The van der Waals surface area contributed by atoms with E-state index in [0.717, 1.165) is 11.1 Å². The molecule has 3 heteroatoms. The van der Waals surface area contributed by atoms with E-state index in [0.29, 0.717) is 16.3 Å².